The van der Waals surface area contributed by atoms with Crippen molar-refractivity contribution in [3.05, 3.63) is 115 Å². The first-order chi connectivity index (χ1) is 35.3. The minimum atomic E-state index is -2.05. The molecule has 0 aromatic heterocycles. The first kappa shape index (κ1) is 59.4. The number of fused-ring (bicyclic) bond motifs is 4. The van der Waals surface area contributed by atoms with Crippen LogP contribution in [-0.4, -0.2) is 38.1 Å². The first-order valence-corrected chi connectivity index (χ1v) is 30.9. The maximum Gasteiger partial charge on any atom is 0.463 e. The number of rotatable bonds is 19. The summed E-state index contributed by atoms with van der Waals surface area (Å²) in [6, 6.07) is 18.1. The molecule has 0 radical (unpaired) electrons. The van der Waals surface area contributed by atoms with E-state index < -0.39 is 29.4 Å². The Morgan fingerprint density at radius 3 is 1.13 bits per heavy atom. The van der Waals surface area contributed by atoms with Gasteiger partial charge < -0.3 is 27.6 Å². The Bertz CT molecular complexity index is 2400. The maximum absolute atomic E-state index is 7.35. The fourth-order valence-electron chi connectivity index (χ4n) is 10.9. The molecule has 1 fully saturated rings. The molecule has 4 aromatic rings. The van der Waals surface area contributed by atoms with Crippen molar-refractivity contribution in [2.45, 2.75) is 248 Å². The zero-order valence-corrected chi connectivity index (χ0v) is 51.3. The second kappa shape index (κ2) is 25.3. The summed E-state index contributed by atoms with van der Waals surface area (Å²) < 4.78 is 56.6. The summed E-state index contributed by atoms with van der Waals surface area (Å²) >= 11 is 0. The number of benzene rings is 4. The van der Waals surface area contributed by atoms with Crippen molar-refractivity contribution in [3.8, 4) is 23.0 Å². The first-order valence-electron chi connectivity index (χ1n) is 28.7. The van der Waals surface area contributed by atoms with Crippen LogP contribution in [0.2, 0.25) is 0 Å². The molecule has 10 heteroatoms. The van der Waals surface area contributed by atoms with Crippen molar-refractivity contribution in [1.82, 2.24) is 0 Å². The van der Waals surface area contributed by atoms with E-state index in [4.69, 9.17) is 36.6 Å². The van der Waals surface area contributed by atoms with Crippen LogP contribution in [-0.2, 0) is 53.0 Å². The average Bonchev–Trinajstić information content (AvgIpc) is 3.67. The maximum atomic E-state index is 7.35. The Kier molecular flexibility index (Phi) is 20.0. The Morgan fingerprint density at radius 2 is 0.787 bits per heavy atom. The van der Waals surface area contributed by atoms with Crippen molar-refractivity contribution in [2.75, 3.05) is 19.8 Å². The predicted octanol–water partition coefficient (Wildman–Crippen LogP) is 18.9. The van der Waals surface area contributed by atoms with Crippen molar-refractivity contribution < 1.29 is 36.6 Å². The van der Waals surface area contributed by atoms with Gasteiger partial charge in [0.15, 0.2) is 0 Å². The fourth-order valence-corrected chi connectivity index (χ4v) is 13.4. The van der Waals surface area contributed by atoms with E-state index in [1.54, 1.807) is 0 Å². The molecule has 3 aliphatic rings. The summed E-state index contributed by atoms with van der Waals surface area (Å²) in [5.74, 6) is 3.33. The molecular formula is C65H96O8P2. The van der Waals surface area contributed by atoms with Gasteiger partial charge in [0.2, 0.25) is 0 Å². The van der Waals surface area contributed by atoms with E-state index in [0.29, 0.717) is 26.1 Å². The summed E-state index contributed by atoms with van der Waals surface area (Å²) in [5.41, 5.74) is 13.1. The third kappa shape index (κ3) is 15.8. The Hall–Kier alpha value is -3.22. The number of aryl methyl sites for hydroxylation is 4. The average molecular weight is 1070 g/mol. The molecule has 0 N–H and O–H groups in total. The van der Waals surface area contributed by atoms with E-state index >= 15 is 0 Å². The molecular weight excluding hydrogens is 971 g/mol. The lowest BCUT2D eigenvalue weighted by Gasteiger charge is -2.34. The molecule has 0 aliphatic carbocycles. The van der Waals surface area contributed by atoms with Crippen LogP contribution in [0.15, 0.2) is 48.5 Å². The monoisotopic (exact) mass is 1070 g/mol. The van der Waals surface area contributed by atoms with E-state index in [1.807, 2.05) is 0 Å². The molecule has 0 unspecified atom stereocenters. The summed E-state index contributed by atoms with van der Waals surface area (Å²) in [5, 5.41) is 0. The van der Waals surface area contributed by atoms with E-state index in [1.165, 1.54) is 86.5 Å². The molecule has 0 bridgehead atoms. The van der Waals surface area contributed by atoms with Gasteiger partial charge in [0.05, 0.1) is 13.2 Å². The molecule has 0 saturated carbocycles. The van der Waals surface area contributed by atoms with Gasteiger partial charge in [-0.1, -0.05) is 231 Å². The second-order valence-corrected chi connectivity index (χ2v) is 28.5. The molecule has 414 valence electrons. The number of hydrogen-bond acceptors (Lipinski definition) is 8. The summed E-state index contributed by atoms with van der Waals surface area (Å²) in [7, 11) is -4.04. The van der Waals surface area contributed by atoms with Crippen LogP contribution in [0.5, 0.6) is 23.0 Å². The minimum absolute atomic E-state index is 0.141. The fraction of sp³-hybridized carbons (Fsp3) is 0.631. The number of hydrogen-bond donors (Lipinski definition) is 0. The van der Waals surface area contributed by atoms with Crippen molar-refractivity contribution >= 4 is 17.2 Å². The standard InChI is InChI=1S/C65H96O8P2/c1-18-19-20-21-22-23-24-25-26-27-28-29-30-66-55-41-67-56(42-68-74-69-57-47(31-43(2)35-51(57)62(6,7)8)39-48-32-44(3)36-52(58(48)70-74)63(9,10)11)61(55)73-75-71-59-49(33-45(4)37-53(59)64(12,13)14)40-50-34-46(5)38-54(60(50)72-75)65(15,16)17/h31-38,55-56,61H,18-30,39-42H2,1-17H3/t55-,56+,61+/m0/s1. The SMILES string of the molecule is CCCCCCCCCCCCCCO[C@H]1CO[C@H](COP2Oc3c(cc(C)cc3C(C)(C)C)Cc3cc(C)cc(C(C)(C)C)c3O2)[C@@H]1OP1Oc2c(cc(C)cc2C(C)(C)C)Cc2cc(C)cc(C(C)(C)C)c2O1. The molecule has 1 saturated heterocycles. The quantitative estimate of drug-likeness (QED) is 0.0679. The van der Waals surface area contributed by atoms with Gasteiger partial charge in [0, 0.05) is 41.7 Å². The molecule has 0 spiro atoms. The lowest BCUT2D eigenvalue weighted by molar-refractivity contribution is -0.0170. The molecule has 3 atom stereocenters. The third-order valence-electron chi connectivity index (χ3n) is 15.0. The molecule has 3 aliphatic heterocycles. The van der Waals surface area contributed by atoms with Gasteiger partial charge in [-0.3, -0.25) is 9.05 Å². The lowest BCUT2D eigenvalue weighted by Crippen LogP contribution is -2.37. The van der Waals surface area contributed by atoms with Gasteiger partial charge in [0.25, 0.3) is 0 Å². The summed E-state index contributed by atoms with van der Waals surface area (Å²) in [6.45, 7) is 39.0. The molecule has 3 heterocycles. The lowest BCUT2D eigenvalue weighted by atomic mass is 9.81. The van der Waals surface area contributed by atoms with Crippen molar-refractivity contribution in [1.29, 1.82) is 0 Å². The van der Waals surface area contributed by atoms with Gasteiger partial charge >= 0.3 is 17.2 Å². The Morgan fingerprint density at radius 1 is 0.453 bits per heavy atom. The van der Waals surface area contributed by atoms with Crippen LogP contribution in [0.1, 0.15) is 234 Å². The normalized spacial score (nSPS) is 18.5. The van der Waals surface area contributed by atoms with Crippen LogP contribution in [0, 0.1) is 27.7 Å². The van der Waals surface area contributed by atoms with Crippen LogP contribution in [0.4, 0.5) is 0 Å². The molecule has 4 aromatic carbocycles. The van der Waals surface area contributed by atoms with E-state index in [0.717, 1.165) is 80.3 Å². The molecule has 7 rings (SSSR count). The minimum Gasteiger partial charge on any atom is -0.417 e. The molecule has 8 nitrogen and oxygen atoms in total. The van der Waals surface area contributed by atoms with E-state index in [2.05, 4.69) is 166 Å². The van der Waals surface area contributed by atoms with Crippen LogP contribution in [0.25, 0.3) is 0 Å². The van der Waals surface area contributed by atoms with Gasteiger partial charge in [-0.25, -0.2) is 0 Å². The van der Waals surface area contributed by atoms with E-state index in [-0.39, 0.29) is 34.4 Å². The zero-order chi connectivity index (χ0) is 54.5. The van der Waals surface area contributed by atoms with Gasteiger partial charge in [-0.05, 0) is 78.0 Å². The van der Waals surface area contributed by atoms with Gasteiger partial charge in [-0.2, -0.15) is 0 Å². The number of ether oxygens (including phenoxy) is 2. The van der Waals surface area contributed by atoms with Crippen molar-refractivity contribution in [3.63, 3.8) is 0 Å². The molecule has 75 heavy (non-hydrogen) atoms. The Labute approximate surface area is 457 Å². The van der Waals surface area contributed by atoms with Crippen LogP contribution >= 0.6 is 17.2 Å². The highest BCUT2D eigenvalue weighted by Gasteiger charge is 2.45. The highest BCUT2D eigenvalue weighted by atomic mass is 31.2. The highest BCUT2D eigenvalue weighted by Crippen LogP contribution is 2.56. The Balaban J connectivity index is 1.20. The highest BCUT2D eigenvalue weighted by molar-refractivity contribution is 7.43. The van der Waals surface area contributed by atoms with Gasteiger partial charge in [-0.15, -0.1) is 0 Å². The molecule has 0 amide bonds. The summed E-state index contributed by atoms with van der Waals surface area (Å²) in [6.07, 6.45) is 15.3. The zero-order valence-electron chi connectivity index (χ0n) is 49.5. The van der Waals surface area contributed by atoms with Crippen molar-refractivity contribution in [2.24, 2.45) is 0 Å². The topological polar surface area (TPSA) is 73.8 Å². The van der Waals surface area contributed by atoms with Crippen LogP contribution < -0.4 is 18.1 Å². The third-order valence-corrected chi connectivity index (χ3v) is 17.1. The van der Waals surface area contributed by atoms with Gasteiger partial charge in [0.1, 0.15) is 41.3 Å². The predicted molar refractivity (Wildman–Crippen MR) is 313 cm³/mol. The summed E-state index contributed by atoms with van der Waals surface area (Å²) in [4.78, 5) is 0. The van der Waals surface area contributed by atoms with E-state index in [9.17, 15) is 0 Å². The second-order valence-electron chi connectivity index (χ2n) is 26.4. The largest absolute Gasteiger partial charge is 0.463 e. The number of unbranched alkanes of at least 4 members (excludes halogenated alkanes) is 11. The smallest absolute Gasteiger partial charge is 0.417 e. The van der Waals surface area contributed by atoms with Crippen LogP contribution in [0.3, 0.4) is 0 Å².